The molecule has 3 N–H and O–H groups in total. The summed E-state index contributed by atoms with van der Waals surface area (Å²) in [6, 6.07) is 15.5. The molecule has 2 unspecified atom stereocenters. The van der Waals surface area contributed by atoms with Gasteiger partial charge < -0.3 is 20.5 Å². The molecule has 2 amide bonds. The quantitative estimate of drug-likeness (QED) is 0.450. The minimum absolute atomic E-state index is 0.0215. The third-order valence-electron chi connectivity index (χ3n) is 6.56. The molecule has 182 valence electrons. The van der Waals surface area contributed by atoms with Gasteiger partial charge in [0.1, 0.15) is 12.6 Å². The minimum Gasteiger partial charge on any atom is -0.480 e. The van der Waals surface area contributed by atoms with Crippen LogP contribution in [0, 0.1) is 11.8 Å². The van der Waals surface area contributed by atoms with Gasteiger partial charge >= 0.3 is 12.1 Å². The molecule has 0 spiro atoms. The number of carboxylic acid groups (broad SMARTS) is 1. The Bertz CT molecular complexity index is 974. The number of fused-ring (bicyclic) bond motifs is 3. The lowest BCUT2D eigenvalue weighted by atomic mass is 9.88. The Labute approximate surface area is 200 Å². The maximum Gasteiger partial charge on any atom is 0.407 e. The molecule has 1 aliphatic carbocycles. The Morgan fingerprint density at radius 2 is 1.53 bits per heavy atom. The molecule has 7 nitrogen and oxygen atoms in total. The monoisotopic (exact) mass is 466 g/mol. The molecule has 2 aromatic rings. The van der Waals surface area contributed by atoms with Gasteiger partial charge in [0.15, 0.2) is 0 Å². The number of carboxylic acids is 1. The van der Waals surface area contributed by atoms with Crippen molar-refractivity contribution in [3.05, 3.63) is 59.7 Å². The first-order valence-corrected chi connectivity index (χ1v) is 11.9. The van der Waals surface area contributed by atoms with Gasteiger partial charge in [0.25, 0.3) is 0 Å². The van der Waals surface area contributed by atoms with E-state index in [0.29, 0.717) is 25.3 Å². The van der Waals surface area contributed by atoms with Crippen molar-refractivity contribution in [2.45, 2.75) is 52.0 Å². The molecule has 0 aromatic heterocycles. The number of benzene rings is 2. The summed E-state index contributed by atoms with van der Waals surface area (Å²) in [5.74, 6) is -0.756. The van der Waals surface area contributed by atoms with Gasteiger partial charge in [-0.05, 0) is 53.9 Å². The SMILES string of the molecule is CC(NC(=O)CCC(CCNC(=O)OCC1c2ccccc2-c2ccccc21)C(C)C)C(=O)O. The fourth-order valence-corrected chi connectivity index (χ4v) is 4.51. The first kappa shape index (κ1) is 25.3. The number of ether oxygens (including phenoxy) is 1. The summed E-state index contributed by atoms with van der Waals surface area (Å²) < 4.78 is 5.58. The molecule has 0 bridgehead atoms. The van der Waals surface area contributed by atoms with E-state index >= 15 is 0 Å². The summed E-state index contributed by atoms with van der Waals surface area (Å²) in [7, 11) is 0. The Hall–Kier alpha value is -3.35. The van der Waals surface area contributed by atoms with E-state index in [0.717, 1.165) is 0 Å². The Balaban J connectivity index is 1.45. The topological polar surface area (TPSA) is 105 Å². The third kappa shape index (κ3) is 6.37. The van der Waals surface area contributed by atoms with E-state index in [9.17, 15) is 14.4 Å². The van der Waals surface area contributed by atoms with Gasteiger partial charge in [-0.15, -0.1) is 0 Å². The first-order chi connectivity index (χ1) is 16.3. The standard InChI is InChI=1S/C27H34N2O5/c1-17(2)19(12-13-25(30)29-18(3)26(31)32)14-15-28-27(33)34-16-24-22-10-6-4-8-20(22)21-9-5-7-11-23(21)24/h4-11,17-19,24H,12-16H2,1-3H3,(H,28,33)(H,29,30)(H,31,32). The highest BCUT2D eigenvalue weighted by molar-refractivity contribution is 5.83. The summed E-state index contributed by atoms with van der Waals surface area (Å²) in [6.07, 6.45) is 1.15. The van der Waals surface area contributed by atoms with Gasteiger partial charge in [-0.1, -0.05) is 62.4 Å². The average molecular weight is 467 g/mol. The van der Waals surface area contributed by atoms with Crippen LogP contribution in [0.3, 0.4) is 0 Å². The van der Waals surface area contributed by atoms with Crippen LogP contribution in [0.2, 0.25) is 0 Å². The number of rotatable bonds is 11. The van der Waals surface area contributed by atoms with Crippen molar-refractivity contribution in [3.8, 4) is 11.1 Å². The Morgan fingerprint density at radius 3 is 2.09 bits per heavy atom. The molecule has 0 aliphatic heterocycles. The maximum atomic E-state index is 12.4. The molecule has 1 aliphatic rings. The van der Waals surface area contributed by atoms with E-state index in [-0.39, 0.29) is 30.8 Å². The summed E-state index contributed by atoms with van der Waals surface area (Å²) in [5.41, 5.74) is 4.72. The lowest BCUT2D eigenvalue weighted by molar-refractivity contribution is -0.141. The van der Waals surface area contributed by atoms with Crippen molar-refractivity contribution in [1.82, 2.24) is 10.6 Å². The predicted octanol–water partition coefficient (Wildman–Crippen LogP) is 4.56. The number of carbonyl (C=O) groups excluding carboxylic acids is 2. The van der Waals surface area contributed by atoms with Crippen molar-refractivity contribution < 1.29 is 24.2 Å². The zero-order chi connectivity index (χ0) is 24.7. The van der Waals surface area contributed by atoms with Crippen LogP contribution in [-0.2, 0) is 14.3 Å². The van der Waals surface area contributed by atoms with Crippen LogP contribution in [0.25, 0.3) is 11.1 Å². The fraction of sp³-hybridized carbons (Fsp3) is 0.444. The van der Waals surface area contributed by atoms with Gasteiger partial charge in [-0.25, -0.2) is 4.79 Å². The molecule has 7 heteroatoms. The van der Waals surface area contributed by atoms with Crippen LogP contribution in [0.5, 0.6) is 0 Å². The Kier molecular flexibility index (Phi) is 8.68. The van der Waals surface area contributed by atoms with Crippen molar-refractivity contribution in [3.63, 3.8) is 0 Å². The van der Waals surface area contributed by atoms with Gasteiger partial charge in [-0.3, -0.25) is 9.59 Å². The molecule has 0 heterocycles. The highest BCUT2D eigenvalue weighted by Crippen LogP contribution is 2.44. The van der Waals surface area contributed by atoms with Gasteiger partial charge in [-0.2, -0.15) is 0 Å². The van der Waals surface area contributed by atoms with Crippen LogP contribution in [0.4, 0.5) is 4.79 Å². The number of hydrogen-bond donors (Lipinski definition) is 3. The number of aliphatic carboxylic acids is 1. The second-order valence-electron chi connectivity index (χ2n) is 9.21. The van der Waals surface area contributed by atoms with E-state index in [2.05, 4.69) is 48.7 Å². The first-order valence-electron chi connectivity index (χ1n) is 11.9. The number of hydrogen-bond acceptors (Lipinski definition) is 4. The van der Waals surface area contributed by atoms with E-state index in [4.69, 9.17) is 9.84 Å². The number of carbonyl (C=O) groups is 3. The lowest BCUT2D eigenvalue weighted by Gasteiger charge is -2.21. The number of amides is 2. The van der Waals surface area contributed by atoms with Gasteiger partial charge in [0.2, 0.25) is 5.91 Å². The molecular weight excluding hydrogens is 432 g/mol. The van der Waals surface area contributed by atoms with E-state index < -0.39 is 18.1 Å². The second kappa shape index (κ2) is 11.7. The van der Waals surface area contributed by atoms with Crippen LogP contribution in [-0.4, -0.2) is 42.3 Å². The third-order valence-corrected chi connectivity index (χ3v) is 6.56. The molecule has 3 rings (SSSR count). The molecule has 0 radical (unpaired) electrons. The van der Waals surface area contributed by atoms with Crippen molar-refractivity contribution in [1.29, 1.82) is 0 Å². The van der Waals surface area contributed by atoms with Crippen molar-refractivity contribution >= 4 is 18.0 Å². The van der Waals surface area contributed by atoms with Crippen LogP contribution in [0.15, 0.2) is 48.5 Å². The molecule has 0 fully saturated rings. The molecular formula is C27H34N2O5. The lowest BCUT2D eigenvalue weighted by Crippen LogP contribution is -2.38. The maximum absolute atomic E-state index is 12.4. The largest absolute Gasteiger partial charge is 0.480 e. The molecule has 0 saturated carbocycles. The number of alkyl carbamates (subject to hydrolysis) is 1. The van der Waals surface area contributed by atoms with Gasteiger partial charge in [0, 0.05) is 18.9 Å². The second-order valence-corrected chi connectivity index (χ2v) is 9.21. The summed E-state index contributed by atoms with van der Waals surface area (Å²) >= 11 is 0. The summed E-state index contributed by atoms with van der Waals surface area (Å²) in [4.78, 5) is 35.2. The van der Waals surface area contributed by atoms with Gasteiger partial charge in [0.05, 0.1) is 0 Å². The van der Waals surface area contributed by atoms with Crippen LogP contribution < -0.4 is 10.6 Å². The molecule has 2 atom stereocenters. The Morgan fingerprint density at radius 1 is 0.941 bits per heavy atom. The number of nitrogens with one attached hydrogen (secondary N) is 2. The zero-order valence-electron chi connectivity index (χ0n) is 20.0. The van der Waals surface area contributed by atoms with Crippen LogP contribution >= 0.6 is 0 Å². The van der Waals surface area contributed by atoms with Crippen molar-refractivity contribution in [2.24, 2.45) is 11.8 Å². The van der Waals surface area contributed by atoms with E-state index in [1.165, 1.54) is 29.2 Å². The highest BCUT2D eigenvalue weighted by Gasteiger charge is 2.29. The fourth-order valence-electron chi connectivity index (χ4n) is 4.51. The molecule has 0 saturated heterocycles. The van der Waals surface area contributed by atoms with Crippen molar-refractivity contribution in [2.75, 3.05) is 13.2 Å². The minimum atomic E-state index is -1.05. The zero-order valence-corrected chi connectivity index (χ0v) is 20.0. The highest BCUT2D eigenvalue weighted by atomic mass is 16.5. The van der Waals surface area contributed by atoms with E-state index in [1.807, 2.05) is 24.3 Å². The molecule has 2 aromatic carbocycles. The molecule has 34 heavy (non-hydrogen) atoms. The summed E-state index contributed by atoms with van der Waals surface area (Å²) in [6.45, 7) is 6.33. The van der Waals surface area contributed by atoms with E-state index in [1.54, 1.807) is 0 Å². The summed E-state index contributed by atoms with van der Waals surface area (Å²) in [5, 5.41) is 14.2. The average Bonchev–Trinajstić information content (AvgIpc) is 3.13. The smallest absolute Gasteiger partial charge is 0.407 e. The normalized spacial score (nSPS) is 14.1. The predicted molar refractivity (Wildman–Crippen MR) is 130 cm³/mol. The van der Waals surface area contributed by atoms with Crippen LogP contribution in [0.1, 0.15) is 57.1 Å².